The van der Waals surface area contributed by atoms with Crippen molar-refractivity contribution in [1.29, 1.82) is 0 Å². The second-order valence-electron chi connectivity index (χ2n) is 6.40. The number of ketones is 1. The number of aromatic nitrogens is 2. The Kier molecular flexibility index (Phi) is 6.21. The zero-order valence-electron chi connectivity index (χ0n) is 15.6. The van der Waals surface area contributed by atoms with E-state index >= 15 is 0 Å². The van der Waals surface area contributed by atoms with Crippen molar-refractivity contribution >= 4 is 23.4 Å². The molecule has 0 radical (unpaired) electrons. The standard InChI is InChI=1S/C21H19ClN2O4/c1-13-6-7-15(10-14(13)2)18(25)8-9-20(26)27-12-19-23-21(24-28-19)16-4-3-5-17(22)11-16/h3-7,10-11H,8-9,12H2,1-2H3. The van der Waals surface area contributed by atoms with Gasteiger partial charge in [0.25, 0.3) is 5.89 Å². The summed E-state index contributed by atoms with van der Waals surface area (Å²) in [6.07, 6.45) is 0.0694. The number of aryl methyl sites for hydroxylation is 2. The molecule has 0 N–H and O–H groups in total. The van der Waals surface area contributed by atoms with Gasteiger partial charge in [-0.3, -0.25) is 9.59 Å². The molecular formula is C21H19ClN2O4. The number of nitrogens with zero attached hydrogens (tertiary/aromatic N) is 2. The fourth-order valence-electron chi connectivity index (χ4n) is 2.55. The second kappa shape index (κ2) is 8.80. The van der Waals surface area contributed by atoms with Crippen LogP contribution in [-0.4, -0.2) is 21.9 Å². The van der Waals surface area contributed by atoms with Crippen LogP contribution in [0.2, 0.25) is 5.02 Å². The maximum atomic E-state index is 12.2. The summed E-state index contributed by atoms with van der Waals surface area (Å²) in [5.41, 5.74) is 3.46. The molecule has 0 atom stereocenters. The molecule has 0 bridgehead atoms. The van der Waals surface area contributed by atoms with Crippen LogP contribution >= 0.6 is 11.6 Å². The highest BCUT2D eigenvalue weighted by Gasteiger charge is 2.14. The van der Waals surface area contributed by atoms with Gasteiger partial charge in [-0.1, -0.05) is 41.0 Å². The minimum absolute atomic E-state index is 0.0129. The zero-order chi connectivity index (χ0) is 20.1. The van der Waals surface area contributed by atoms with Crippen molar-refractivity contribution in [3.05, 3.63) is 70.1 Å². The van der Waals surface area contributed by atoms with Crippen LogP contribution in [0.3, 0.4) is 0 Å². The maximum Gasteiger partial charge on any atom is 0.306 e. The van der Waals surface area contributed by atoms with Crippen LogP contribution in [0, 0.1) is 13.8 Å². The van der Waals surface area contributed by atoms with E-state index in [0.29, 0.717) is 22.0 Å². The van der Waals surface area contributed by atoms with Crippen molar-refractivity contribution in [1.82, 2.24) is 10.1 Å². The van der Waals surface area contributed by atoms with Crippen molar-refractivity contribution < 1.29 is 18.8 Å². The van der Waals surface area contributed by atoms with E-state index in [1.165, 1.54) is 0 Å². The minimum atomic E-state index is -0.500. The lowest BCUT2D eigenvalue weighted by atomic mass is 10.0. The lowest BCUT2D eigenvalue weighted by molar-refractivity contribution is -0.145. The number of esters is 1. The number of benzene rings is 2. The van der Waals surface area contributed by atoms with Crippen molar-refractivity contribution in [2.45, 2.75) is 33.3 Å². The summed E-state index contributed by atoms with van der Waals surface area (Å²) in [5, 5.41) is 4.40. The van der Waals surface area contributed by atoms with E-state index in [4.69, 9.17) is 20.9 Å². The van der Waals surface area contributed by atoms with Gasteiger partial charge in [-0.15, -0.1) is 0 Å². The molecule has 0 saturated heterocycles. The van der Waals surface area contributed by atoms with Crippen molar-refractivity contribution in [3.63, 3.8) is 0 Å². The molecule has 0 unspecified atom stereocenters. The van der Waals surface area contributed by atoms with Gasteiger partial charge >= 0.3 is 5.97 Å². The van der Waals surface area contributed by atoms with Crippen LogP contribution in [-0.2, 0) is 16.1 Å². The van der Waals surface area contributed by atoms with Gasteiger partial charge in [-0.25, -0.2) is 0 Å². The summed E-state index contributed by atoms with van der Waals surface area (Å²) in [4.78, 5) is 28.3. The third kappa shape index (κ3) is 5.04. The highest BCUT2D eigenvalue weighted by molar-refractivity contribution is 6.30. The fraction of sp³-hybridized carbons (Fsp3) is 0.238. The topological polar surface area (TPSA) is 82.3 Å². The van der Waals surface area contributed by atoms with Gasteiger partial charge in [0.05, 0.1) is 6.42 Å². The number of Topliss-reactive ketones (excluding diaryl/α,β-unsaturated/α-hetero) is 1. The first kappa shape index (κ1) is 19.8. The third-order valence-electron chi connectivity index (χ3n) is 4.29. The molecule has 0 aliphatic carbocycles. The quantitative estimate of drug-likeness (QED) is 0.423. The van der Waals surface area contributed by atoms with Crippen LogP contribution in [0.25, 0.3) is 11.4 Å². The highest BCUT2D eigenvalue weighted by atomic mass is 35.5. The first-order chi connectivity index (χ1) is 13.4. The number of hydrogen-bond acceptors (Lipinski definition) is 6. The van der Waals surface area contributed by atoms with Gasteiger partial charge < -0.3 is 9.26 Å². The Hall–Kier alpha value is -2.99. The number of carbonyl (C=O) groups excluding carboxylic acids is 2. The Labute approximate surface area is 167 Å². The predicted molar refractivity (Wildman–Crippen MR) is 104 cm³/mol. The van der Waals surface area contributed by atoms with E-state index in [-0.39, 0.29) is 31.1 Å². The third-order valence-corrected chi connectivity index (χ3v) is 4.53. The first-order valence-electron chi connectivity index (χ1n) is 8.77. The predicted octanol–water partition coefficient (Wildman–Crippen LogP) is 4.71. The molecule has 0 amide bonds. The summed E-state index contributed by atoms with van der Waals surface area (Å²) in [6.45, 7) is 3.78. The lowest BCUT2D eigenvalue weighted by Gasteiger charge is -2.05. The largest absolute Gasteiger partial charge is 0.456 e. The molecule has 0 aliphatic rings. The molecule has 1 aromatic heterocycles. The summed E-state index contributed by atoms with van der Waals surface area (Å²) < 4.78 is 10.2. The van der Waals surface area contributed by atoms with Crippen molar-refractivity contribution in [2.24, 2.45) is 0 Å². The smallest absolute Gasteiger partial charge is 0.306 e. The van der Waals surface area contributed by atoms with E-state index in [1.807, 2.05) is 26.0 Å². The molecule has 28 heavy (non-hydrogen) atoms. The van der Waals surface area contributed by atoms with Gasteiger partial charge in [0, 0.05) is 22.6 Å². The van der Waals surface area contributed by atoms with Gasteiger partial charge in [0.15, 0.2) is 12.4 Å². The molecule has 0 aliphatic heterocycles. The monoisotopic (exact) mass is 398 g/mol. The number of rotatable bonds is 7. The number of ether oxygens (including phenoxy) is 1. The first-order valence-corrected chi connectivity index (χ1v) is 9.15. The Morgan fingerprint density at radius 2 is 1.89 bits per heavy atom. The average Bonchev–Trinajstić information content (AvgIpc) is 3.15. The van der Waals surface area contributed by atoms with Gasteiger partial charge in [0.1, 0.15) is 0 Å². The zero-order valence-corrected chi connectivity index (χ0v) is 16.3. The van der Waals surface area contributed by atoms with Crippen molar-refractivity contribution in [3.8, 4) is 11.4 Å². The molecular weight excluding hydrogens is 380 g/mol. The van der Waals surface area contributed by atoms with E-state index in [0.717, 1.165) is 11.1 Å². The Morgan fingerprint density at radius 3 is 2.64 bits per heavy atom. The number of hydrogen-bond donors (Lipinski definition) is 0. The van der Waals surface area contributed by atoms with E-state index < -0.39 is 5.97 Å². The van der Waals surface area contributed by atoms with Crippen LogP contribution in [0.1, 0.15) is 40.2 Å². The van der Waals surface area contributed by atoms with E-state index in [9.17, 15) is 9.59 Å². The minimum Gasteiger partial charge on any atom is -0.456 e. The molecule has 7 heteroatoms. The number of halogens is 1. The fourth-order valence-corrected chi connectivity index (χ4v) is 2.74. The SMILES string of the molecule is Cc1ccc(C(=O)CCC(=O)OCc2nc(-c3cccc(Cl)c3)no2)cc1C. The normalized spacial score (nSPS) is 10.7. The molecule has 0 spiro atoms. The summed E-state index contributed by atoms with van der Waals surface area (Å²) >= 11 is 5.94. The second-order valence-corrected chi connectivity index (χ2v) is 6.84. The maximum absolute atomic E-state index is 12.2. The molecule has 0 saturated carbocycles. The van der Waals surface area contributed by atoms with Crippen LogP contribution in [0.5, 0.6) is 0 Å². The summed E-state index contributed by atoms with van der Waals surface area (Å²) in [7, 11) is 0. The number of carbonyl (C=O) groups is 2. The van der Waals surface area contributed by atoms with Crippen molar-refractivity contribution in [2.75, 3.05) is 0 Å². The summed E-state index contributed by atoms with van der Waals surface area (Å²) in [6, 6.07) is 12.5. The Balaban J connectivity index is 1.49. The van der Waals surface area contributed by atoms with Gasteiger partial charge in [0.2, 0.25) is 5.82 Å². The molecule has 1 heterocycles. The van der Waals surface area contributed by atoms with Crippen LogP contribution in [0.4, 0.5) is 0 Å². The molecule has 3 aromatic rings. The Bertz CT molecular complexity index is 1010. The van der Waals surface area contributed by atoms with Crippen LogP contribution < -0.4 is 0 Å². The van der Waals surface area contributed by atoms with E-state index in [2.05, 4.69) is 10.1 Å². The van der Waals surface area contributed by atoms with Crippen LogP contribution in [0.15, 0.2) is 47.0 Å². The molecule has 144 valence electrons. The van der Waals surface area contributed by atoms with E-state index in [1.54, 1.807) is 30.3 Å². The molecule has 6 nitrogen and oxygen atoms in total. The molecule has 2 aromatic carbocycles. The highest BCUT2D eigenvalue weighted by Crippen LogP contribution is 2.20. The lowest BCUT2D eigenvalue weighted by Crippen LogP contribution is -2.08. The van der Waals surface area contributed by atoms with Gasteiger partial charge in [-0.2, -0.15) is 4.98 Å². The average molecular weight is 399 g/mol. The molecule has 3 rings (SSSR count). The molecule has 0 fully saturated rings. The Morgan fingerprint density at radius 1 is 1.07 bits per heavy atom. The van der Waals surface area contributed by atoms with Gasteiger partial charge in [-0.05, 0) is 43.2 Å². The summed E-state index contributed by atoms with van der Waals surface area (Å²) in [5.74, 6) is -0.0666.